The highest BCUT2D eigenvalue weighted by Gasteiger charge is 2.15. The fraction of sp³-hybridized carbons (Fsp3) is 0.125. The van der Waals surface area contributed by atoms with Gasteiger partial charge in [0.1, 0.15) is 11.9 Å². The molecule has 0 fully saturated rings. The quantitative estimate of drug-likeness (QED) is 0.779. The maximum absolute atomic E-state index is 10.5. The second-order valence-corrected chi connectivity index (χ2v) is 5.14. The molecule has 0 saturated heterocycles. The van der Waals surface area contributed by atoms with Crippen molar-refractivity contribution in [3.8, 4) is 5.75 Å². The lowest BCUT2D eigenvalue weighted by Crippen LogP contribution is -1.99. The molecule has 1 atom stereocenters. The van der Waals surface area contributed by atoms with Gasteiger partial charge in [-0.15, -0.1) is 0 Å². The summed E-state index contributed by atoms with van der Waals surface area (Å²) in [5.74, 6) is 0.830. The van der Waals surface area contributed by atoms with Crippen LogP contribution in [0.5, 0.6) is 5.75 Å². The van der Waals surface area contributed by atoms with Gasteiger partial charge in [-0.2, -0.15) is 11.3 Å². The van der Waals surface area contributed by atoms with Crippen molar-refractivity contribution in [3.63, 3.8) is 0 Å². The van der Waals surface area contributed by atoms with E-state index in [2.05, 4.69) is 0 Å². The van der Waals surface area contributed by atoms with Crippen molar-refractivity contribution in [2.75, 3.05) is 7.11 Å². The zero-order chi connectivity index (χ0) is 13.2. The van der Waals surface area contributed by atoms with Crippen LogP contribution in [0.15, 0.2) is 53.2 Å². The maximum Gasteiger partial charge on any atom is 0.126 e. The SMILES string of the molecule is COc1ccc(C(O)c2ccsc2)c2ccccc12. The lowest BCUT2D eigenvalue weighted by atomic mass is 9.97. The van der Waals surface area contributed by atoms with Gasteiger partial charge in [0.25, 0.3) is 0 Å². The Balaban J connectivity index is 2.20. The molecule has 0 amide bonds. The predicted molar refractivity (Wildman–Crippen MR) is 78.9 cm³/mol. The Labute approximate surface area is 115 Å². The molecule has 2 aromatic carbocycles. The Bertz CT molecular complexity index is 689. The smallest absolute Gasteiger partial charge is 0.126 e. The molecule has 19 heavy (non-hydrogen) atoms. The van der Waals surface area contributed by atoms with Gasteiger partial charge in [-0.1, -0.05) is 30.3 Å². The molecule has 1 N–H and O–H groups in total. The van der Waals surface area contributed by atoms with Gasteiger partial charge in [-0.3, -0.25) is 0 Å². The van der Waals surface area contributed by atoms with Crippen LogP contribution in [-0.2, 0) is 0 Å². The zero-order valence-corrected chi connectivity index (χ0v) is 11.4. The van der Waals surface area contributed by atoms with Gasteiger partial charge in [-0.05, 0) is 39.4 Å². The average Bonchev–Trinajstić information content (AvgIpc) is 2.99. The van der Waals surface area contributed by atoms with Gasteiger partial charge in [0, 0.05) is 5.39 Å². The number of fused-ring (bicyclic) bond motifs is 1. The van der Waals surface area contributed by atoms with E-state index in [0.29, 0.717) is 0 Å². The zero-order valence-electron chi connectivity index (χ0n) is 10.5. The second-order valence-electron chi connectivity index (χ2n) is 4.36. The summed E-state index contributed by atoms with van der Waals surface area (Å²) in [4.78, 5) is 0. The fourth-order valence-electron chi connectivity index (χ4n) is 2.32. The van der Waals surface area contributed by atoms with Crippen LogP contribution in [0.1, 0.15) is 17.2 Å². The molecule has 1 unspecified atom stereocenters. The molecule has 0 aliphatic rings. The molecule has 1 aromatic heterocycles. The third-order valence-electron chi connectivity index (χ3n) is 3.29. The summed E-state index contributed by atoms with van der Waals surface area (Å²) in [5, 5.41) is 16.5. The molecular weight excluding hydrogens is 256 g/mol. The largest absolute Gasteiger partial charge is 0.496 e. The maximum atomic E-state index is 10.5. The molecule has 0 bridgehead atoms. The van der Waals surface area contributed by atoms with Gasteiger partial charge in [-0.25, -0.2) is 0 Å². The van der Waals surface area contributed by atoms with E-state index in [-0.39, 0.29) is 0 Å². The highest BCUT2D eigenvalue weighted by atomic mass is 32.1. The predicted octanol–water partition coefficient (Wildman–Crippen LogP) is 3.99. The Morgan fingerprint density at radius 1 is 1.05 bits per heavy atom. The number of hydrogen-bond donors (Lipinski definition) is 1. The van der Waals surface area contributed by atoms with Crippen LogP contribution in [-0.4, -0.2) is 12.2 Å². The number of rotatable bonds is 3. The number of aliphatic hydroxyl groups excluding tert-OH is 1. The third kappa shape index (κ3) is 2.11. The van der Waals surface area contributed by atoms with Crippen molar-refractivity contribution in [1.82, 2.24) is 0 Å². The molecule has 3 aromatic rings. The van der Waals surface area contributed by atoms with Gasteiger partial charge in [0.15, 0.2) is 0 Å². The molecule has 0 radical (unpaired) electrons. The molecular formula is C16H14O2S. The van der Waals surface area contributed by atoms with E-state index >= 15 is 0 Å². The van der Waals surface area contributed by atoms with Crippen molar-refractivity contribution in [2.45, 2.75) is 6.10 Å². The monoisotopic (exact) mass is 270 g/mol. The molecule has 3 heteroatoms. The topological polar surface area (TPSA) is 29.5 Å². The molecule has 96 valence electrons. The van der Waals surface area contributed by atoms with Crippen LogP contribution in [0.3, 0.4) is 0 Å². The summed E-state index contributed by atoms with van der Waals surface area (Å²) in [5.41, 5.74) is 1.84. The van der Waals surface area contributed by atoms with E-state index in [9.17, 15) is 5.11 Å². The second kappa shape index (κ2) is 5.03. The minimum absolute atomic E-state index is 0.595. The van der Waals surface area contributed by atoms with Crippen LogP contribution in [0, 0.1) is 0 Å². The fourth-order valence-corrected chi connectivity index (χ4v) is 3.00. The molecule has 0 aliphatic carbocycles. The minimum Gasteiger partial charge on any atom is -0.496 e. The van der Waals surface area contributed by atoms with E-state index in [1.54, 1.807) is 18.4 Å². The Morgan fingerprint density at radius 2 is 1.84 bits per heavy atom. The number of ether oxygens (including phenoxy) is 1. The Kier molecular flexibility index (Phi) is 3.23. The average molecular weight is 270 g/mol. The lowest BCUT2D eigenvalue weighted by molar-refractivity contribution is 0.222. The number of thiophene rings is 1. The van der Waals surface area contributed by atoms with Gasteiger partial charge in [0.05, 0.1) is 7.11 Å². The molecule has 0 spiro atoms. The van der Waals surface area contributed by atoms with E-state index < -0.39 is 6.10 Å². The first-order chi connectivity index (χ1) is 9.31. The molecule has 3 rings (SSSR count). The molecule has 0 saturated carbocycles. The van der Waals surface area contributed by atoms with Crippen molar-refractivity contribution >= 4 is 22.1 Å². The van der Waals surface area contributed by atoms with Crippen molar-refractivity contribution < 1.29 is 9.84 Å². The third-order valence-corrected chi connectivity index (χ3v) is 3.99. The van der Waals surface area contributed by atoms with Crippen LogP contribution in [0.4, 0.5) is 0 Å². The number of benzene rings is 2. The van der Waals surface area contributed by atoms with Crippen LogP contribution in [0.25, 0.3) is 10.8 Å². The highest BCUT2D eigenvalue weighted by molar-refractivity contribution is 7.08. The normalized spacial score (nSPS) is 12.5. The standard InChI is InChI=1S/C16H14O2S/c1-18-15-7-6-14(12-4-2-3-5-13(12)15)16(17)11-8-9-19-10-11/h2-10,16-17H,1H3. The van der Waals surface area contributed by atoms with E-state index in [1.807, 2.05) is 53.2 Å². The summed E-state index contributed by atoms with van der Waals surface area (Å²) < 4.78 is 5.37. The van der Waals surface area contributed by atoms with Crippen molar-refractivity contribution in [2.24, 2.45) is 0 Å². The highest BCUT2D eigenvalue weighted by Crippen LogP contribution is 2.34. The summed E-state index contributed by atoms with van der Waals surface area (Å²) in [6.07, 6.45) is -0.595. The number of hydrogen-bond acceptors (Lipinski definition) is 3. The van der Waals surface area contributed by atoms with E-state index in [4.69, 9.17) is 4.74 Å². The van der Waals surface area contributed by atoms with Crippen LogP contribution >= 0.6 is 11.3 Å². The van der Waals surface area contributed by atoms with Crippen molar-refractivity contribution in [1.29, 1.82) is 0 Å². The van der Waals surface area contributed by atoms with E-state index in [0.717, 1.165) is 27.6 Å². The van der Waals surface area contributed by atoms with Crippen LogP contribution < -0.4 is 4.74 Å². The summed E-state index contributed by atoms with van der Waals surface area (Å²) in [6, 6.07) is 13.8. The first kappa shape index (κ1) is 12.2. The van der Waals surface area contributed by atoms with Crippen LogP contribution in [0.2, 0.25) is 0 Å². The van der Waals surface area contributed by atoms with Gasteiger partial charge in [0.2, 0.25) is 0 Å². The minimum atomic E-state index is -0.595. The van der Waals surface area contributed by atoms with Gasteiger partial charge >= 0.3 is 0 Å². The Morgan fingerprint density at radius 3 is 2.53 bits per heavy atom. The van der Waals surface area contributed by atoms with Gasteiger partial charge < -0.3 is 9.84 Å². The molecule has 0 aliphatic heterocycles. The number of aliphatic hydroxyl groups is 1. The summed E-state index contributed by atoms with van der Waals surface area (Å²) >= 11 is 1.59. The lowest BCUT2D eigenvalue weighted by Gasteiger charge is -2.14. The summed E-state index contributed by atoms with van der Waals surface area (Å²) in [6.45, 7) is 0. The number of methoxy groups -OCH3 is 1. The van der Waals surface area contributed by atoms with Crippen molar-refractivity contribution in [3.05, 3.63) is 64.4 Å². The molecule has 1 heterocycles. The first-order valence-electron chi connectivity index (χ1n) is 6.07. The van der Waals surface area contributed by atoms with E-state index in [1.165, 1.54) is 0 Å². The molecule has 2 nitrogen and oxygen atoms in total. The first-order valence-corrected chi connectivity index (χ1v) is 7.01. The summed E-state index contributed by atoms with van der Waals surface area (Å²) in [7, 11) is 1.66. The Hall–Kier alpha value is -1.84.